The third-order valence-corrected chi connectivity index (χ3v) is 5.13. The van der Waals surface area contributed by atoms with E-state index in [9.17, 15) is 8.42 Å². The summed E-state index contributed by atoms with van der Waals surface area (Å²) in [6, 6.07) is 9.30. The quantitative estimate of drug-likeness (QED) is 0.868. The molecule has 0 bridgehead atoms. The Balaban J connectivity index is 1.64. The molecule has 0 saturated carbocycles. The van der Waals surface area contributed by atoms with E-state index in [2.05, 4.69) is 14.9 Å². The predicted molar refractivity (Wildman–Crippen MR) is 87.1 cm³/mol. The molecule has 1 aliphatic rings. The van der Waals surface area contributed by atoms with E-state index in [0.29, 0.717) is 25.6 Å². The fourth-order valence-electron chi connectivity index (χ4n) is 2.45. The predicted octanol–water partition coefficient (Wildman–Crippen LogP) is 1.18. The summed E-state index contributed by atoms with van der Waals surface area (Å²) in [6.45, 7) is 4.68. The molecule has 0 unspecified atom stereocenters. The normalized spacial score (nSPS) is 18.6. The molecule has 24 heavy (non-hydrogen) atoms. The van der Waals surface area contributed by atoms with Crippen LogP contribution in [0.4, 0.5) is 0 Å². The molecule has 1 N–H and O–H groups in total. The van der Waals surface area contributed by atoms with Crippen LogP contribution >= 0.6 is 0 Å². The van der Waals surface area contributed by atoms with Gasteiger partial charge in [0.25, 0.3) is 16.1 Å². The number of rotatable bonds is 5. The highest BCUT2D eigenvalue weighted by Gasteiger charge is 2.34. The zero-order chi connectivity index (χ0) is 17.2. The van der Waals surface area contributed by atoms with Gasteiger partial charge in [0.05, 0.1) is 18.8 Å². The Morgan fingerprint density at radius 1 is 1.29 bits per heavy atom. The standard InChI is InChI=1S/C15H20N4O4S/c1-15(2)11-19(8-9-22-15)24(20,21)16-10-13-17-14(23-18-13)12-6-4-3-5-7-12/h3-7,16H,8-11H2,1-2H3. The molecule has 0 spiro atoms. The van der Waals surface area contributed by atoms with Crippen LogP contribution in [0.5, 0.6) is 0 Å². The van der Waals surface area contributed by atoms with Gasteiger partial charge in [-0.05, 0) is 26.0 Å². The van der Waals surface area contributed by atoms with Crippen LogP contribution in [0.2, 0.25) is 0 Å². The number of nitrogens with one attached hydrogen (secondary N) is 1. The van der Waals surface area contributed by atoms with Crippen molar-refractivity contribution in [2.24, 2.45) is 0 Å². The van der Waals surface area contributed by atoms with Crippen LogP contribution in [0.15, 0.2) is 34.9 Å². The van der Waals surface area contributed by atoms with Crippen LogP contribution in [-0.4, -0.2) is 48.2 Å². The zero-order valence-corrected chi connectivity index (χ0v) is 14.4. The Kier molecular flexibility index (Phi) is 4.68. The molecular weight excluding hydrogens is 332 g/mol. The van der Waals surface area contributed by atoms with Gasteiger partial charge in [-0.1, -0.05) is 23.4 Å². The van der Waals surface area contributed by atoms with Gasteiger partial charge in [0, 0.05) is 18.7 Å². The molecule has 1 aromatic heterocycles. The van der Waals surface area contributed by atoms with E-state index >= 15 is 0 Å². The third-order valence-electron chi connectivity index (χ3n) is 3.63. The molecule has 1 aliphatic heterocycles. The van der Waals surface area contributed by atoms with Gasteiger partial charge in [0.1, 0.15) is 0 Å². The second-order valence-electron chi connectivity index (χ2n) is 6.15. The summed E-state index contributed by atoms with van der Waals surface area (Å²) < 4.78 is 39.4. The Labute approximate surface area is 141 Å². The monoisotopic (exact) mass is 352 g/mol. The lowest BCUT2D eigenvalue weighted by Crippen LogP contribution is -2.53. The van der Waals surface area contributed by atoms with Gasteiger partial charge >= 0.3 is 0 Å². The number of hydrogen-bond donors (Lipinski definition) is 1. The lowest BCUT2D eigenvalue weighted by Gasteiger charge is -2.37. The van der Waals surface area contributed by atoms with Crippen molar-refractivity contribution >= 4 is 10.2 Å². The van der Waals surface area contributed by atoms with Crippen molar-refractivity contribution in [2.75, 3.05) is 19.7 Å². The lowest BCUT2D eigenvalue weighted by atomic mass is 10.1. The molecule has 3 rings (SSSR count). The first-order chi connectivity index (χ1) is 11.4. The summed E-state index contributed by atoms with van der Waals surface area (Å²) in [5.74, 6) is 0.641. The molecule has 9 heteroatoms. The summed E-state index contributed by atoms with van der Waals surface area (Å²) >= 11 is 0. The van der Waals surface area contributed by atoms with Crippen molar-refractivity contribution in [1.29, 1.82) is 0 Å². The molecule has 130 valence electrons. The number of benzene rings is 1. The summed E-state index contributed by atoms with van der Waals surface area (Å²) in [4.78, 5) is 4.21. The van der Waals surface area contributed by atoms with Crippen LogP contribution in [0, 0.1) is 0 Å². The van der Waals surface area contributed by atoms with Crippen LogP contribution in [-0.2, 0) is 21.5 Å². The van der Waals surface area contributed by atoms with Gasteiger partial charge in [-0.15, -0.1) is 0 Å². The maximum absolute atomic E-state index is 12.4. The number of ether oxygens (including phenoxy) is 1. The van der Waals surface area contributed by atoms with Crippen molar-refractivity contribution in [1.82, 2.24) is 19.2 Å². The van der Waals surface area contributed by atoms with Crippen LogP contribution < -0.4 is 4.72 Å². The maximum Gasteiger partial charge on any atom is 0.280 e. The highest BCUT2D eigenvalue weighted by Crippen LogP contribution is 2.19. The number of aromatic nitrogens is 2. The minimum absolute atomic E-state index is 0.0313. The Bertz CT molecular complexity index is 789. The van der Waals surface area contributed by atoms with E-state index in [1.165, 1.54) is 4.31 Å². The Morgan fingerprint density at radius 3 is 2.75 bits per heavy atom. The van der Waals surface area contributed by atoms with Crippen LogP contribution in [0.1, 0.15) is 19.7 Å². The van der Waals surface area contributed by atoms with Gasteiger partial charge in [-0.3, -0.25) is 0 Å². The molecule has 1 aromatic carbocycles. The summed E-state index contributed by atoms with van der Waals surface area (Å²) in [5, 5.41) is 3.81. The van der Waals surface area contributed by atoms with Crippen molar-refractivity contribution < 1.29 is 17.7 Å². The van der Waals surface area contributed by atoms with Crippen molar-refractivity contribution in [3.63, 3.8) is 0 Å². The highest BCUT2D eigenvalue weighted by atomic mass is 32.2. The summed E-state index contributed by atoms with van der Waals surface area (Å²) in [6.07, 6.45) is 0. The molecule has 0 amide bonds. The first-order valence-corrected chi connectivity index (χ1v) is 9.06. The van der Waals surface area contributed by atoms with E-state index in [0.717, 1.165) is 5.56 Å². The van der Waals surface area contributed by atoms with Gasteiger partial charge in [0.2, 0.25) is 0 Å². The lowest BCUT2D eigenvalue weighted by molar-refractivity contribution is -0.0643. The molecule has 1 fully saturated rings. The van der Waals surface area contributed by atoms with Gasteiger partial charge in [-0.25, -0.2) is 0 Å². The average Bonchev–Trinajstić information content (AvgIpc) is 3.02. The van der Waals surface area contributed by atoms with E-state index in [4.69, 9.17) is 9.26 Å². The molecule has 2 aromatic rings. The molecule has 2 heterocycles. The zero-order valence-electron chi connectivity index (χ0n) is 13.6. The van der Waals surface area contributed by atoms with Crippen molar-refractivity contribution in [2.45, 2.75) is 26.0 Å². The largest absolute Gasteiger partial charge is 0.373 e. The average molecular weight is 352 g/mol. The number of hydrogen-bond acceptors (Lipinski definition) is 6. The minimum Gasteiger partial charge on any atom is -0.373 e. The molecule has 0 aliphatic carbocycles. The third kappa shape index (κ3) is 3.99. The second kappa shape index (κ2) is 6.60. The first-order valence-electron chi connectivity index (χ1n) is 7.62. The van der Waals surface area contributed by atoms with Crippen LogP contribution in [0.3, 0.4) is 0 Å². The SMILES string of the molecule is CC1(C)CN(S(=O)(=O)NCc2noc(-c3ccccc3)n2)CCO1. The molecular formula is C15H20N4O4S. The van der Waals surface area contributed by atoms with E-state index < -0.39 is 15.8 Å². The molecule has 0 radical (unpaired) electrons. The minimum atomic E-state index is -3.63. The topological polar surface area (TPSA) is 97.6 Å². The maximum atomic E-state index is 12.4. The van der Waals surface area contributed by atoms with Crippen molar-refractivity contribution in [3.05, 3.63) is 36.2 Å². The van der Waals surface area contributed by atoms with E-state index in [1.807, 2.05) is 44.2 Å². The van der Waals surface area contributed by atoms with Gasteiger partial charge in [0.15, 0.2) is 5.82 Å². The Morgan fingerprint density at radius 2 is 2.04 bits per heavy atom. The summed E-state index contributed by atoms with van der Waals surface area (Å²) in [5.41, 5.74) is 0.286. The van der Waals surface area contributed by atoms with Crippen LogP contribution in [0.25, 0.3) is 11.5 Å². The van der Waals surface area contributed by atoms with Crippen molar-refractivity contribution in [3.8, 4) is 11.5 Å². The van der Waals surface area contributed by atoms with E-state index in [1.54, 1.807) is 0 Å². The number of nitrogens with zero attached hydrogens (tertiary/aromatic N) is 3. The smallest absolute Gasteiger partial charge is 0.280 e. The van der Waals surface area contributed by atoms with Gasteiger partial charge < -0.3 is 9.26 Å². The first kappa shape index (κ1) is 17.0. The molecule has 0 atom stereocenters. The highest BCUT2D eigenvalue weighted by molar-refractivity contribution is 7.87. The fourth-order valence-corrected chi connectivity index (χ4v) is 3.74. The second-order valence-corrected chi connectivity index (χ2v) is 7.90. The summed E-state index contributed by atoms with van der Waals surface area (Å²) in [7, 11) is -3.63. The molecule has 8 nitrogen and oxygen atoms in total. The molecule has 1 saturated heterocycles. The fraction of sp³-hybridized carbons (Fsp3) is 0.467. The van der Waals surface area contributed by atoms with E-state index in [-0.39, 0.29) is 12.4 Å². The number of morpholine rings is 1. The van der Waals surface area contributed by atoms with Gasteiger partial charge in [-0.2, -0.15) is 22.4 Å². The Hall–Kier alpha value is -1.81.